The monoisotopic (exact) mass is 340 g/mol. The molecule has 0 saturated heterocycles. The van der Waals surface area contributed by atoms with Crippen molar-refractivity contribution in [3.05, 3.63) is 0 Å². The van der Waals surface area contributed by atoms with Gasteiger partial charge < -0.3 is 0 Å². The molecule has 3 heteroatoms. The van der Waals surface area contributed by atoms with Crippen molar-refractivity contribution in [2.75, 3.05) is 0 Å². The Morgan fingerprint density at radius 3 is 0.818 bits per heavy atom. The molecule has 0 N–H and O–H groups in total. The van der Waals surface area contributed by atoms with E-state index in [1.165, 1.54) is 0 Å². The number of rotatable bonds is 2. The van der Waals surface area contributed by atoms with Crippen LogP contribution in [0.4, 0.5) is 0 Å². The third-order valence-corrected chi connectivity index (χ3v) is 73.9. The van der Waals surface area contributed by atoms with E-state index in [0.29, 0.717) is 0 Å². The van der Waals surface area contributed by atoms with Gasteiger partial charge in [0.25, 0.3) is 0 Å². The van der Waals surface area contributed by atoms with Crippen LogP contribution in [-0.2, 0) is 0 Å². The minimum absolute atomic E-state index is 0.778. The molecule has 0 nitrogen and oxygen atoms in total. The summed E-state index contributed by atoms with van der Waals surface area (Å²) in [7, 11) is 0. The Labute approximate surface area is 78.5 Å². The summed E-state index contributed by atoms with van der Waals surface area (Å²) in [5, 5.41) is 0. The maximum atomic E-state index is 2.66. The zero-order valence-corrected chi connectivity index (χ0v) is 13.3. The molecule has 0 atom stereocenters. The zero-order valence-electron chi connectivity index (χ0n) is 9.32. The Balaban J connectivity index is 4.75. The summed E-state index contributed by atoms with van der Waals surface area (Å²) in [6, 6.07) is 0. The van der Waals surface area contributed by atoms with Crippen LogP contribution in [0.2, 0.25) is 45.2 Å². The van der Waals surface area contributed by atoms with Crippen LogP contribution >= 0.6 is 0 Å². The van der Waals surface area contributed by atoms with Gasteiger partial charge in [0.1, 0.15) is 0 Å². The first kappa shape index (κ1) is 12.7. The first-order valence-electron chi connectivity index (χ1n) is 3.95. The molecule has 0 unspecified atom stereocenters. The van der Waals surface area contributed by atoms with E-state index in [1.54, 1.807) is 0 Å². The zero-order chi connectivity index (χ0) is 9.50. The quantitative estimate of drug-likeness (QED) is 0.670. The van der Waals surface area contributed by atoms with Crippen LogP contribution < -0.4 is 0 Å². The SMILES string of the molecule is C[Si](C)(C)[Dy]([CH3])([CH3])[Si](C)(C)C. The van der Waals surface area contributed by atoms with E-state index in [2.05, 4.69) is 45.2 Å². The molecule has 0 aliphatic rings. The summed E-state index contributed by atoms with van der Waals surface area (Å²) in [6.07, 6.45) is 0. The Morgan fingerprint density at radius 2 is 0.818 bits per heavy atom. The molecule has 0 amide bonds. The molecule has 0 aliphatic carbocycles. The molecule has 74 valence electrons. The van der Waals surface area contributed by atoms with Crippen LogP contribution in [0.3, 0.4) is 0 Å². The molecule has 0 saturated carbocycles. The first-order chi connectivity index (χ1) is 4.50. The Kier molecular flexibility index (Phi) is 3.99. The second kappa shape index (κ2) is 3.46. The molecular weight excluding hydrogens is 315 g/mol. The summed E-state index contributed by atoms with van der Waals surface area (Å²) in [4.78, 5) is 0. The van der Waals surface area contributed by atoms with Crippen LogP contribution in [0.25, 0.3) is 0 Å². The van der Waals surface area contributed by atoms with Gasteiger partial charge in [0.2, 0.25) is 0 Å². The number of hydrogen-bond donors (Lipinski definition) is 0. The summed E-state index contributed by atoms with van der Waals surface area (Å²) in [5.74, 6) is 0. The standard InChI is InChI=1S/2C3H9Si.2CH3.Dy/c2*1-4(2)3;;;/h2*1-3H3;2*1H3;. The van der Waals surface area contributed by atoms with Crippen LogP contribution in [0.5, 0.6) is 0 Å². The van der Waals surface area contributed by atoms with Crippen LogP contribution in [0.15, 0.2) is 0 Å². The van der Waals surface area contributed by atoms with E-state index in [9.17, 15) is 0 Å². The fourth-order valence-electron chi connectivity index (χ4n) is 0.712. The van der Waals surface area contributed by atoms with Gasteiger partial charge in [-0.2, -0.15) is 0 Å². The fourth-order valence-corrected chi connectivity index (χ4v) is 47.5. The van der Waals surface area contributed by atoms with Crippen molar-refractivity contribution >= 4 is 6.27 Å². The molecule has 0 fully saturated rings. The second-order valence-corrected chi connectivity index (χ2v) is 51.8. The molecule has 0 aromatic rings. The summed E-state index contributed by atoms with van der Waals surface area (Å²) in [5.41, 5.74) is 0. The van der Waals surface area contributed by atoms with Gasteiger partial charge >= 0.3 is 79.7 Å². The first-order valence-corrected chi connectivity index (χ1v) is 20.7. The summed E-state index contributed by atoms with van der Waals surface area (Å²) < 4.78 is 3.76. The van der Waals surface area contributed by atoms with E-state index < -0.39 is 34.5 Å². The molecule has 0 aromatic carbocycles. The van der Waals surface area contributed by atoms with E-state index in [1.807, 2.05) is 0 Å². The van der Waals surface area contributed by atoms with Gasteiger partial charge in [-0.05, 0) is 0 Å². The van der Waals surface area contributed by atoms with Gasteiger partial charge in [0.05, 0.1) is 0 Å². The van der Waals surface area contributed by atoms with Crippen molar-refractivity contribution in [1.82, 2.24) is 0 Å². The third kappa shape index (κ3) is 2.84. The van der Waals surface area contributed by atoms with Crippen molar-refractivity contribution in [3.8, 4) is 0 Å². The van der Waals surface area contributed by atoms with Crippen molar-refractivity contribution in [1.29, 1.82) is 0 Å². The van der Waals surface area contributed by atoms with Crippen molar-refractivity contribution in [2.24, 2.45) is 0 Å². The molecule has 0 bridgehead atoms. The number of hydrogen-bond acceptors (Lipinski definition) is 0. The van der Waals surface area contributed by atoms with Gasteiger partial charge in [0, 0.05) is 0 Å². The Hall–Kier alpha value is 1.71. The second-order valence-electron chi connectivity index (χ2n) is 4.98. The summed E-state index contributed by atoms with van der Waals surface area (Å²) in [6.45, 7) is 15.4. The molecule has 0 rings (SSSR count). The average Bonchev–Trinajstić information content (AvgIpc) is 1.58. The summed E-state index contributed by atoms with van der Waals surface area (Å²) >= 11 is -1.27. The maximum absolute atomic E-state index is 2.66. The van der Waals surface area contributed by atoms with E-state index in [4.69, 9.17) is 0 Å². The Bertz CT molecular complexity index is 123. The van der Waals surface area contributed by atoms with E-state index in [0.717, 1.165) is 0 Å². The van der Waals surface area contributed by atoms with Gasteiger partial charge in [-0.25, -0.2) is 0 Å². The molecule has 11 heavy (non-hydrogen) atoms. The van der Waals surface area contributed by atoms with Crippen molar-refractivity contribution in [3.63, 3.8) is 0 Å². The van der Waals surface area contributed by atoms with Gasteiger partial charge in [0.15, 0.2) is 0 Å². The van der Waals surface area contributed by atoms with Crippen molar-refractivity contribution < 1.29 is 28.2 Å². The Morgan fingerprint density at radius 1 is 0.636 bits per heavy atom. The van der Waals surface area contributed by atoms with Gasteiger partial charge in [-0.15, -0.1) is 0 Å². The van der Waals surface area contributed by atoms with Gasteiger partial charge in [-0.1, -0.05) is 0 Å². The molecule has 0 spiro atoms. The average molecular weight is 339 g/mol. The van der Waals surface area contributed by atoms with E-state index >= 15 is 0 Å². The van der Waals surface area contributed by atoms with Gasteiger partial charge in [-0.3, -0.25) is 0 Å². The topological polar surface area (TPSA) is 0 Å². The van der Waals surface area contributed by atoms with Crippen LogP contribution in [-0.4, -0.2) is 6.27 Å². The predicted octanol–water partition coefficient (Wildman–Crippen LogP) is 3.91. The predicted molar refractivity (Wildman–Crippen MR) is 58.4 cm³/mol. The third-order valence-electron chi connectivity index (χ3n) is 2.37. The molecule has 0 aromatic heterocycles. The normalized spacial score (nSPS) is 16.7. The fraction of sp³-hybridized carbons (Fsp3) is 1.00. The van der Waals surface area contributed by atoms with Crippen molar-refractivity contribution in [2.45, 2.75) is 45.2 Å². The minimum atomic E-state index is -1.27. The molecule has 0 aliphatic heterocycles. The van der Waals surface area contributed by atoms with Crippen LogP contribution in [0, 0.1) is 28.2 Å². The molecule has 0 radical (unpaired) electrons. The van der Waals surface area contributed by atoms with Crippen LogP contribution in [0.1, 0.15) is 0 Å². The molecular formula is C8H24DySi2. The van der Waals surface area contributed by atoms with E-state index in [-0.39, 0.29) is 0 Å². The molecule has 0 heterocycles.